The molecule has 1 aromatic carbocycles. The van der Waals surface area contributed by atoms with E-state index < -0.39 is 10.0 Å². The lowest BCUT2D eigenvalue weighted by Crippen LogP contribution is -2.27. The lowest BCUT2D eigenvalue weighted by Gasteiger charge is -2.24. The Kier molecular flexibility index (Phi) is 3.15. The first-order chi connectivity index (χ1) is 9.56. The van der Waals surface area contributed by atoms with Gasteiger partial charge in [-0.1, -0.05) is 23.7 Å². The van der Waals surface area contributed by atoms with Crippen LogP contribution < -0.4 is 4.90 Å². The molecule has 0 radical (unpaired) electrons. The molecule has 0 N–H and O–H groups in total. The minimum atomic E-state index is -3.60. The Labute approximate surface area is 120 Å². The summed E-state index contributed by atoms with van der Waals surface area (Å²) in [7, 11) is -3.60. The maximum absolute atomic E-state index is 11.8. The van der Waals surface area contributed by atoms with Crippen molar-refractivity contribution in [3.63, 3.8) is 0 Å². The summed E-state index contributed by atoms with van der Waals surface area (Å²) in [6.45, 7) is 0.361. The lowest BCUT2D eigenvalue weighted by molar-refractivity contribution is 0.597. The summed E-state index contributed by atoms with van der Waals surface area (Å²) in [6.07, 6.45) is 1.29. The number of fused-ring (bicyclic) bond motifs is 1. The van der Waals surface area contributed by atoms with Crippen LogP contribution in [0.15, 0.2) is 45.7 Å². The number of hydrogen-bond acceptors (Lipinski definition) is 5. The third-order valence-electron chi connectivity index (χ3n) is 2.80. The van der Waals surface area contributed by atoms with Crippen molar-refractivity contribution in [2.24, 2.45) is 4.40 Å². The van der Waals surface area contributed by atoms with Gasteiger partial charge in [0.25, 0.3) is 10.0 Å². The van der Waals surface area contributed by atoms with Gasteiger partial charge in [0, 0.05) is 0 Å². The van der Waals surface area contributed by atoms with E-state index in [1.807, 2.05) is 0 Å². The fraction of sp³-hybridized carbons (Fsp3) is 0.0833. The number of nitrogens with zero attached hydrogens (tertiary/aromatic N) is 4. The summed E-state index contributed by atoms with van der Waals surface area (Å²) < 4.78 is 27.3. The molecule has 0 aliphatic carbocycles. The lowest BCUT2D eigenvalue weighted by atomic mass is 10.2. The van der Waals surface area contributed by atoms with Crippen molar-refractivity contribution in [3.8, 4) is 0 Å². The molecule has 0 unspecified atom stereocenters. The highest BCUT2D eigenvalue weighted by molar-refractivity contribution is 7.90. The van der Waals surface area contributed by atoms with Crippen molar-refractivity contribution in [3.05, 3.63) is 47.2 Å². The molecule has 0 amide bonds. The van der Waals surface area contributed by atoms with Gasteiger partial charge in [0.05, 0.1) is 17.9 Å². The van der Waals surface area contributed by atoms with Gasteiger partial charge in [-0.25, -0.2) is 0 Å². The van der Waals surface area contributed by atoms with Gasteiger partial charge in [-0.15, -0.1) is 9.50 Å². The first kappa shape index (κ1) is 13.0. The van der Waals surface area contributed by atoms with Gasteiger partial charge in [0.2, 0.25) is 0 Å². The second kappa shape index (κ2) is 4.84. The van der Waals surface area contributed by atoms with Crippen LogP contribution in [0.4, 0.5) is 5.69 Å². The van der Waals surface area contributed by atoms with E-state index in [0.717, 1.165) is 0 Å². The maximum Gasteiger partial charge on any atom is 0.285 e. The molecule has 8 heteroatoms. The number of hydrogen-bond donors (Lipinski definition) is 0. The molecule has 0 atom stereocenters. The summed E-state index contributed by atoms with van der Waals surface area (Å²) in [5.74, 6) is 0. The summed E-state index contributed by atoms with van der Waals surface area (Å²) in [4.78, 5) is 1.89. The zero-order valence-corrected chi connectivity index (χ0v) is 11.7. The highest BCUT2D eigenvalue weighted by Crippen LogP contribution is 2.29. The molecule has 2 heterocycles. The number of halogens is 1. The Balaban J connectivity index is 1.98. The van der Waals surface area contributed by atoms with Crippen LogP contribution >= 0.6 is 11.6 Å². The minimum absolute atomic E-state index is 0.185. The molecule has 1 aliphatic rings. The Morgan fingerprint density at radius 2 is 1.90 bits per heavy atom. The van der Waals surface area contributed by atoms with Crippen LogP contribution in [0.25, 0.3) is 0 Å². The van der Waals surface area contributed by atoms with Gasteiger partial charge in [-0.05, 0) is 24.3 Å². The zero-order chi connectivity index (χ0) is 14.2. The first-order valence-electron chi connectivity index (χ1n) is 5.70. The fourth-order valence-electron chi connectivity index (χ4n) is 1.88. The van der Waals surface area contributed by atoms with E-state index in [2.05, 4.69) is 14.6 Å². The smallest absolute Gasteiger partial charge is 0.285 e. The van der Waals surface area contributed by atoms with E-state index in [1.54, 1.807) is 35.2 Å². The standard InChI is InChI=1S/C12H9ClN4O2S/c13-12-6-5-9(15-16-12)7-17-8-14-20(18,19)11-4-2-1-3-10(11)17/h1-6,8H,7H2. The van der Waals surface area contributed by atoms with E-state index >= 15 is 0 Å². The van der Waals surface area contributed by atoms with Crippen molar-refractivity contribution in [2.45, 2.75) is 11.4 Å². The average Bonchev–Trinajstić information content (AvgIpc) is 2.45. The van der Waals surface area contributed by atoms with Gasteiger partial charge in [0.15, 0.2) is 5.15 Å². The van der Waals surface area contributed by atoms with Crippen molar-refractivity contribution in [2.75, 3.05) is 4.90 Å². The Hall–Kier alpha value is -1.99. The number of aromatic nitrogens is 2. The molecule has 20 heavy (non-hydrogen) atoms. The largest absolute Gasteiger partial charge is 0.324 e. The van der Waals surface area contributed by atoms with Crippen LogP contribution in [0.5, 0.6) is 0 Å². The van der Waals surface area contributed by atoms with Crippen LogP contribution in [-0.2, 0) is 16.6 Å². The minimum Gasteiger partial charge on any atom is -0.324 e. The number of anilines is 1. The normalized spacial score (nSPS) is 15.9. The highest BCUT2D eigenvalue weighted by Gasteiger charge is 2.24. The number of benzene rings is 1. The van der Waals surface area contributed by atoms with E-state index in [1.165, 1.54) is 12.4 Å². The third kappa shape index (κ3) is 2.37. The Morgan fingerprint density at radius 1 is 1.10 bits per heavy atom. The topological polar surface area (TPSA) is 75.5 Å². The summed E-state index contributed by atoms with van der Waals surface area (Å²) >= 11 is 5.68. The van der Waals surface area contributed by atoms with E-state index in [9.17, 15) is 8.42 Å². The third-order valence-corrected chi connectivity index (χ3v) is 4.27. The molecule has 6 nitrogen and oxygen atoms in total. The van der Waals surface area contributed by atoms with Gasteiger partial charge >= 0.3 is 0 Å². The van der Waals surface area contributed by atoms with Crippen molar-refractivity contribution < 1.29 is 8.42 Å². The van der Waals surface area contributed by atoms with Gasteiger partial charge in [0.1, 0.15) is 11.2 Å². The van der Waals surface area contributed by atoms with Gasteiger partial charge in [-0.2, -0.15) is 13.5 Å². The average molecular weight is 309 g/mol. The number of para-hydroxylation sites is 1. The zero-order valence-electron chi connectivity index (χ0n) is 10.1. The maximum atomic E-state index is 11.8. The Bertz CT molecular complexity index is 774. The molecular weight excluding hydrogens is 300 g/mol. The highest BCUT2D eigenvalue weighted by atomic mass is 35.5. The van der Waals surface area contributed by atoms with Crippen LogP contribution in [0.3, 0.4) is 0 Å². The van der Waals surface area contributed by atoms with Crippen LogP contribution in [0.1, 0.15) is 5.69 Å². The molecule has 0 fully saturated rings. The van der Waals surface area contributed by atoms with Crippen LogP contribution in [0.2, 0.25) is 5.15 Å². The number of rotatable bonds is 2. The quantitative estimate of drug-likeness (QED) is 0.846. The predicted molar refractivity (Wildman–Crippen MR) is 75.3 cm³/mol. The predicted octanol–water partition coefficient (Wildman–Crippen LogP) is 1.87. The van der Waals surface area contributed by atoms with Crippen molar-refractivity contribution >= 4 is 33.7 Å². The molecule has 0 saturated heterocycles. The van der Waals surface area contributed by atoms with Crippen LogP contribution in [0, 0.1) is 0 Å². The molecule has 102 valence electrons. The van der Waals surface area contributed by atoms with E-state index in [4.69, 9.17) is 11.6 Å². The molecule has 1 aromatic heterocycles. The molecule has 0 bridgehead atoms. The molecule has 2 aromatic rings. The van der Waals surface area contributed by atoms with Gasteiger partial charge < -0.3 is 4.90 Å². The molecule has 0 saturated carbocycles. The van der Waals surface area contributed by atoms with Crippen molar-refractivity contribution in [1.29, 1.82) is 0 Å². The summed E-state index contributed by atoms with van der Waals surface area (Å²) in [5.41, 5.74) is 1.23. The summed E-state index contributed by atoms with van der Waals surface area (Å²) in [6, 6.07) is 10.1. The molecule has 1 aliphatic heterocycles. The van der Waals surface area contributed by atoms with E-state index in [0.29, 0.717) is 23.1 Å². The van der Waals surface area contributed by atoms with Gasteiger partial charge in [-0.3, -0.25) is 0 Å². The fourth-order valence-corrected chi connectivity index (χ4v) is 3.03. The molecule has 3 rings (SSSR count). The monoisotopic (exact) mass is 308 g/mol. The van der Waals surface area contributed by atoms with Crippen LogP contribution in [-0.4, -0.2) is 25.0 Å². The number of sulfonamides is 1. The summed E-state index contributed by atoms with van der Waals surface area (Å²) in [5, 5.41) is 8.01. The first-order valence-corrected chi connectivity index (χ1v) is 7.52. The molecular formula is C12H9ClN4O2S. The Morgan fingerprint density at radius 3 is 2.65 bits per heavy atom. The van der Waals surface area contributed by atoms with Crippen molar-refractivity contribution in [1.82, 2.24) is 10.2 Å². The second-order valence-corrected chi connectivity index (χ2v) is 6.13. The second-order valence-electron chi connectivity index (χ2n) is 4.14. The van der Waals surface area contributed by atoms with E-state index in [-0.39, 0.29) is 4.90 Å². The SMILES string of the molecule is O=S1(=O)N=CN(Cc2ccc(Cl)nn2)c2ccccc21. The molecule has 0 spiro atoms.